The molecule has 0 saturated carbocycles. The molecule has 1 heterocycles. The summed E-state index contributed by atoms with van der Waals surface area (Å²) in [5.41, 5.74) is 18.5. The van der Waals surface area contributed by atoms with Gasteiger partial charge in [-0.1, -0.05) is 18.2 Å². The van der Waals surface area contributed by atoms with Gasteiger partial charge in [0.05, 0.1) is 18.9 Å². The van der Waals surface area contributed by atoms with Gasteiger partial charge in [0.15, 0.2) is 0 Å². The largest absolute Gasteiger partial charge is 0.481 e. The zero-order valence-electron chi connectivity index (χ0n) is 21.7. The molecule has 2 aromatic rings. The molecule has 2 rings (SSSR count). The lowest BCUT2D eigenvalue weighted by Gasteiger charge is -2.24. The molecule has 0 fully saturated rings. The van der Waals surface area contributed by atoms with Crippen molar-refractivity contribution in [3.8, 4) is 0 Å². The van der Waals surface area contributed by atoms with Crippen molar-refractivity contribution < 1.29 is 39.0 Å². The van der Waals surface area contributed by atoms with Gasteiger partial charge < -0.3 is 48.3 Å². The maximum absolute atomic E-state index is 13.1. The molecule has 15 heteroatoms. The molecule has 0 aliphatic carbocycles. The molecule has 15 nitrogen and oxygen atoms in total. The van der Waals surface area contributed by atoms with Crippen LogP contribution in [0.25, 0.3) is 10.9 Å². The van der Waals surface area contributed by atoms with Gasteiger partial charge in [0.1, 0.15) is 18.1 Å². The van der Waals surface area contributed by atoms with E-state index in [1.807, 2.05) is 24.3 Å². The Kier molecular flexibility index (Phi) is 12.0. The lowest BCUT2D eigenvalue weighted by atomic mass is 10.0. The minimum atomic E-state index is -1.75. The standard InChI is InChI=1S/C25H35N7O8/c26-8-4-3-7-17(23(37)32-19(25(39)40)11-21(34)35)30-24(38)18(10-20(28)33)31-22(36)15(27)9-13-12-29-16-6-2-1-5-14(13)16/h1-2,5-6,12,15,17-19,29H,3-4,7-11,26-27H2,(H2,28,33)(H,30,38)(H,31,36)(H,32,37)(H,34,35)(H,39,40). The Morgan fingerprint density at radius 2 is 1.48 bits per heavy atom. The van der Waals surface area contributed by atoms with E-state index in [1.54, 1.807) is 6.20 Å². The van der Waals surface area contributed by atoms with Crippen molar-refractivity contribution in [3.63, 3.8) is 0 Å². The van der Waals surface area contributed by atoms with Crippen molar-refractivity contribution >= 4 is 46.5 Å². The molecule has 40 heavy (non-hydrogen) atoms. The molecule has 0 saturated heterocycles. The van der Waals surface area contributed by atoms with Crippen molar-refractivity contribution in [1.82, 2.24) is 20.9 Å². The minimum Gasteiger partial charge on any atom is -0.481 e. The third-order valence-electron chi connectivity index (χ3n) is 6.06. The Balaban J connectivity index is 2.14. The number of fused-ring (bicyclic) bond motifs is 1. The van der Waals surface area contributed by atoms with Gasteiger partial charge in [0.25, 0.3) is 0 Å². The van der Waals surface area contributed by atoms with Gasteiger partial charge in [0.2, 0.25) is 23.6 Å². The van der Waals surface area contributed by atoms with Crippen LogP contribution in [-0.2, 0) is 35.2 Å². The number of carbonyl (C=O) groups is 6. The van der Waals surface area contributed by atoms with Gasteiger partial charge >= 0.3 is 11.9 Å². The van der Waals surface area contributed by atoms with E-state index in [0.29, 0.717) is 12.8 Å². The number of aliphatic carboxylic acids is 2. The maximum atomic E-state index is 13.1. The number of primary amides is 1. The van der Waals surface area contributed by atoms with Crippen molar-refractivity contribution in [3.05, 3.63) is 36.0 Å². The summed E-state index contributed by atoms with van der Waals surface area (Å²) in [6, 6.07) is 1.74. The Morgan fingerprint density at radius 3 is 2.10 bits per heavy atom. The van der Waals surface area contributed by atoms with Crippen LogP contribution in [0.3, 0.4) is 0 Å². The van der Waals surface area contributed by atoms with Crippen LogP contribution < -0.4 is 33.2 Å². The highest BCUT2D eigenvalue weighted by Crippen LogP contribution is 2.18. The highest BCUT2D eigenvalue weighted by atomic mass is 16.4. The summed E-state index contributed by atoms with van der Waals surface area (Å²) in [6.07, 6.45) is 1.18. The zero-order chi connectivity index (χ0) is 29.8. The number of hydrogen-bond acceptors (Lipinski definition) is 8. The summed E-state index contributed by atoms with van der Waals surface area (Å²) in [5.74, 6) is -6.59. The lowest BCUT2D eigenvalue weighted by molar-refractivity contribution is -0.147. The molecule has 0 aliphatic heterocycles. The van der Waals surface area contributed by atoms with Crippen molar-refractivity contribution in [2.75, 3.05) is 6.54 Å². The average Bonchev–Trinajstić information content (AvgIpc) is 3.29. The fourth-order valence-electron chi connectivity index (χ4n) is 4.00. The smallest absolute Gasteiger partial charge is 0.326 e. The monoisotopic (exact) mass is 561 g/mol. The summed E-state index contributed by atoms with van der Waals surface area (Å²) in [5, 5.41) is 25.9. The molecular formula is C25H35N7O8. The van der Waals surface area contributed by atoms with Gasteiger partial charge in [-0.2, -0.15) is 0 Å². The van der Waals surface area contributed by atoms with Crippen LogP contribution in [0, 0.1) is 0 Å². The summed E-state index contributed by atoms with van der Waals surface area (Å²) in [7, 11) is 0. The molecule has 0 radical (unpaired) electrons. The molecule has 4 amide bonds. The average molecular weight is 562 g/mol. The maximum Gasteiger partial charge on any atom is 0.326 e. The van der Waals surface area contributed by atoms with E-state index in [9.17, 15) is 33.9 Å². The fraction of sp³-hybridized carbons (Fsp3) is 0.440. The quantitative estimate of drug-likeness (QED) is 0.0963. The van der Waals surface area contributed by atoms with E-state index in [4.69, 9.17) is 22.3 Å². The van der Waals surface area contributed by atoms with Gasteiger partial charge in [0, 0.05) is 17.1 Å². The first-order chi connectivity index (χ1) is 18.9. The number of carboxylic acids is 2. The second kappa shape index (κ2) is 15.2. The predicted octanol–water partition coefficient (Wildman–Crippen LogP) is -1.94. The number of hydrogen-bond donors (Lipinski definition) is 9. The molecular weight excluding hydrogens is 526 g/mol. The fourth-order valence-corrected chi connectivity index (χ4v) is 4.00. The molecule has 0 spiro atoms. The number of aromatic nitrogens is 1. The number of nitrogens with two attached hydrogens (primary N) is 3. The lowest BCUT2D eigenvalue weighted by Crippen LogP contribution is -2.58. The van der Waals surface area contributed by atoms with Crippen LogP contribution in [0.1, 0.15) is 37.7 Å². The number of unbranched alkanes of at least 4 members (excludes halogenated alkanes) is 1. The summed E-state index contributed by atoms with van der Waals surface area (Å²) >= 11 is 0. The number of rotatable bonds is 17. The van der Waals surface area contributed by atoms with Crippen LogP contribution in [0.15, 0.2) is 30.5 Å². The SMILES string of the molecule is NCCCCC(NC(=O)C(CC(N)=O)NC(=O)C(N)Cc1c[nH]c2ccccc12)C(=O)NC(CC(=O)O)C(=O)O. The Labute approximate surface area is 229 Å². The van der Waals surface area contributed by atoms with Crippen molar-refractivity contribution in [2.24, 2.45) is 17.2 Å². The molecule has 0 aliphatic rings. The van der Waals surface area contributed by atoms with Crippen LogP contribution in [0.5, 0.6) is 0 Å². The van der Waals surface area contributed by atoms with Crippen molar-refractivity contribution in [1.29, 1.82) is 0 Å². The highest BCUT2D eigenvalue weighted by Gasteiger charge is 2.31. The predicted molar refractivity (Wildman–Crippen MR) is 142 cm³/mol. The first kappa shape index (κ1) is 31.7. The molecule has 4 unspecified atom stereocenters. The van der Waals surface area contributed by atoms with Crippen LogP contribution in [0.2, 0.25) is 0 Å². The molecule has 218 valence electrons. The van der Waals surface area contributed by atoms with E-state index in [-0.39, 0.29) is 19.4 Å². The summed E-state index contributed by atoms with van der Waals surface area (Å²) in [6.45, 7) is 0.285. The third-order valence-corrected chi connectivity index (χ3v) is 6.06. The molecule has 12 N–H and O–H groups in total. The van der Waals surface area contributed by atoms with Gasteiger partial charge in [-0.05, 0) is 43.9 Å². The highest BCUT2D eigenvalue weighted by molar-refractivity contribution is 5.96. The van der Waals surface area contributed by atoms with E-state index in [1.165, 1.54) is 0 Å². The normalized spacial score (nSPS) is 13.9. The number of amides is 4. The Bertz CT molecular complexity index is 1230. The van der Waals surface area contributed by atoms with Crippen LogP contribution in [0.4, 0.5) is 0 Å². The number of H-pyrrole nitrogens is 1. The zero-order valence-corrected chi connectivity index (χ0v) is 21.7. The second-order valence-corrected chi connectivity index (χ2v) is 9.24. The number of benzene rings is 1. The number of nitrogens with one attached hydrogen (secondary N) is 4. The van der Waals surface area contributed by atoms with E-state index < -0.39 is 72.6 Å². The first-order valence-corrected chi connectivity index (χ1v) is 12.6. The topological polar surface area (TPSA) is 273 Å². The summed E-state index contributed by atoms with van der Waals surface area (Å²) < 4.78 is 0. The van der Waals surface area contributed by atoms with Gasteiger partial charge in [-0.15, -0.1) is 0 Å². The summed E-state index contributed by atoms with van der Waals surface area (Å²) in [4.78, 5) is 75.8. The van der Waals surface area contributed by atoms with E-state index in [2.05, 4.69) is 20.9 Å². The van der Waals surface area contributed by atoms with E-state index >= 15 is 0 Å². The molecule has 1 aromatic heterocycles. The minimum absolute atomic E-state index is 0.0193. The number of aromatic amines is 1. The van der Waals surface area contributed by atoms with Crippen LogP contribution >= 0.6 is 0 Å². The first-order valence-electron chi connectivity index (χ1n) is 12.6. The third kappa shape index (κ3) is 9.67. The number of carbonyl (C=O) groups excluding carboxylic acids is 4. The number of carboxylic acid groups (broad SMARTS) is 2. The molecule has 0 bridgehead atoms. The Hall–Kier alpha value is -4.50. The second-order valence-electron chi connectivity index (χ2n) is 9.24. The Morgan fingerprint density at radius 1 is 0.850 bits per heavy atom. The van der Waals surface area contributed by atoms with Crippen molar-refractivity contribution in [2.45, 2.75) is 62.7 Å². The van der Waals surface area contributed by atoms with Crippen LogP contribution in [-0.4, -0.2) is 81.5 Å². The van der Waals surface area contributed by atoms with E-state index in [0.717, 1.165) is 16.5 Å². The van der Waals surface area contributed by atoms with Gasteiger partial charge in [-0.25, -0.2) is 4.79 Å². The van der Waals surface area contributed by atoms with Gasteiger partial charge in [-0.3, -0.25) is 24.0 Å². The molecule has 1 aromatic carbocycles. The molecule has 4 atom stereocenters. The number of para-hydroxylation sites is 1.